The van der Waals surface area contributed by atoms with Crippen molar-refractivity contribution in [2.24, 2.45) is 0 Å². The molecule has 3 rings (SSSR count). The highest BCUT2D eigenvalue weighted by Gasteiger charge is 2.19. The molecule has 0 bridgehead atoms. The quantitative estimate of drug-likeness (QED) is 0.800. The van der Waals surface area contributed by atoms with Crippen molar-refractivity contribution < 1.29 is 4.79 Å². The molecule has 1 aromatic heterocycles. The lowest BCUT2D eigenvalue weighted by molar-refractivity contribution is 0.0955. The Morgan fingerprint density at radius 1 is 1.21 bits per heavy atom. The predicted molar refractivity (Wildman–Crippen MR) is 75.1 cm³/mol. The lowest BCUT2D eigenvalue weighted by Crippen LogP contribution is -2.32. The van der Waals surface area contributed by atoms with Crippen LogP contribution in [0.5, 0.6) is 0 Å². The minimum atomic E-state index is -0.0313. The van der Waals surface area contributed by atoms with Crippen LogP contribution in [-0.4, -0.2) is 30.0 Å². The third-order valence-electron chi connectivity index (χ3n) is 3.31. The van der Waals surface area contributed by atoms with E-state index in [4.69, 9.17) is 0 Å². The molecule has 19 heavy (non-hydrogen) atoms. The average Bonchev–Trinajstić information content (AvgIpc) is 3.27. The Hall–Kier alpha value is -1.94. The number of aromatic nitrogens is 1. The molecule has 1 saturated carbocycles. The first-order valence-corrected chi connectivity index (χ1v) is 6.70. The van der Waals surface area contributed by atoms with Crippen molar-refractivity contribution in [1.82, 2.24) is 15.6 Å². The lowest BCUT2D eigenvalue weighted by atomic mass is 10.1. The van der Waals surface area contributed by atoms with Crippen molar-refractivity contribution in [3.8, 4) is 0 Å². The number of carbonyl (C=O) groups is 1. The molecule has 4 nitrogen and oxygen atoms in total. The maximum atomic E-state index is 12.2. The molecule has 98 valence electrons. The summed E-state index contributed by atoms with van der Waals surface area (Å²) in [5.41, 5.74) is 1.54. The summed E-state index contributed by atoms with van der Waals surface area (Å²) in [6, 6.07) is 10.1. The molecule has 2 N–H and O–H groups in total. The number of carbonyl (C=O) groups excluding carboxylic acids is 1. The second-order valence-corrected chi connectivity index (χ2v) is 4.86. The summed E-state index contributed by atoms with van der Waals surface area (Å²) >= 11 is 0. The van der Waals surface area contributed by atoms with Gasteiger partial charge in [0.25, 0.3) is 5.91 Å². The molecule has 4 heteroatoms. The molecule has 1 aliphatic rings. The van der Waals surface area contributed by atoms with Gasteiger partial charge in [-0.05, 0) is 31.0 Å². The van der Waals surface area contributed by atoms with Crippen molar-refractivity contribution >= 4 is 16.8 Å². The SMILES string of the molecule is O=C(NCCNC1CC1)c1cccc2ncccc12. The fraction of sp³-hybridized carbons (Fsp3) is 0.333. The van der Waals surface area contributed by atoms with Crippen LogP contribution < -0.4 is 10.6 Å². The van der Waals surface area contributed by atoms with E-state index in [1.54, 1.807) is 6.20 Å². The summed E-state index contributed by atoms with van der Waals surface area (Å²) in [5.74, 6) is -0.0313. The number of nitrogens with zero attached hydrogens (tertiary/aromatic N) is 1. The van der Waals surface area contributed by atoms with Crippen LogP contribution in [0.25, 0.3) is 10.9 Å². The molecule has 1 heterocycles. The highest BCUT2D eigenvalue weighted by atomic mass is 16.1. The zero-order valence-corrected chi connectivity index (χ0v) is 10.7. The van der Waals surface area contributed by atoms with Gasteiger partial charge in [0.15, 0.2) is 0 Å². The third kappa shape index (κ3) is 2.90. The molecule has 1 aromatic carbocycles. The van der Waals surface area contributed by atoms with Crippen LogP contribution >= 0.6 is 0 Å². The molecule has 0 atom stereocenters. The number of rotatable bonds is 5. The molecule has 0 saturated heterocycles. The van der Waals surface area contributed by atoms with Crippen LogP contribution in [0, 0.1) is 0 Å². The first-order chi connectivity index (χ1) is 9.34. The van der Waals surface area contributed by atoms with E-state index >= 15 is 0 Å². The summed E-state index contributed by atoms with van der Waals surface area (Å²) < 4.78 is 0. The number of pyridine rings is 1. The van der Waals surface area contributed by atoms with Gasteiger partial charge in [-0.25, -0.2) is 0 Å². The Bertz CT molecular complexity index is 587. The Morgan fingerprint density at radius 2 is 2.11 bits per heavy atom. The molecule has 1 fully saturated rings. The van der Waals surface area contributed by atoms with Crippen molar-refractivity contribution in [1.29, 1.82) is 0 Å². The predicted octanol–water partition coefficient (Wildman–Crippen LogP) is 1.72. The van der Waals surface area contributed by atoms with E-state index in [0.29, 0.717) is 18.2 Å². The van der Waals surface area contributed by atoms with Gasteiger partial charge >= 0.3 is 0 Å². The highest BCUT2D eigenvalue weighted by molar-refractivity contribution is 6.06. The van der Waals surface area contributed by atoms with Crippen LogP contribution in [0.15, 0.2) is 36.5 Å². The van der Waals surface area contributed by atoms with E-state index in [-0.39, 0.29) is 5.91 Å². The minimum Gasteiger partial charge on any atom is -0.351 e. The van der Waals surface area contributed by atoms with Crippen LogP contribution in [0.3, 0.4) is 0 Å². The van der Waals surface area contributed by atoms with Gasteiger partial charge in [-0.3, -0.25) is 9.78 Å². The minimum absolute atomic E-state index is 0.0313. The number of hydrogen-bond acceptors (Lipinski definition) is 3. The van der Waals surface area contributed by atoms with E-state index in [1.807, 2.05) is 30.3 Å². The standard InChI is InChI=1S/C15H17N3O/c19-15(18-10-9-16-11-6-7-11)13-3-1-5-14-12(13)4-2-8-17-14/h1-5,8,11,16H,6-7,9-10H2,(H,18,19). The Balaban J connectivity index is 1.66. The molecule has 0 radical (unpaired) electrons. The average molecular weight is 255 g/mol. The Morgan fingerprint density at radius 3 is 2.95 bits per heavy atom. The maximum absolute atomic E-state index is 12.2. The van der Waals surface area contributed by atoms with Gasteiger partial charge < -0.3 is 10.6 Å². The number of hydrogen-bond donors (Lipinski definition) is 2. The highest BCUT2D eigenvalue weighted by Crippen LogP contribution is 2.18. The molecule has 2 aromatic rings. The van der Waals surface area contributed by atoms with Gasteiger partial charge in [0.05, 0.1) is 5.52 Å². The molecule has 0 unspecified atom stereocenters. The fourth-order valence-corrected chi connectivity index (χ4v) is 2.14. The topological polar surface area (TPSA) is 54.0 Å². The van der Waals surface area contributed by atoms with Gasteiger partial charge in [-0.1, -0.05) is 12.1 Å². The summed E-state index contributed by atoms with van der Waals surface area (Å²) in [6.45, 7) is 1.49. The second-order valence-electron chi connectivity index (χ2n) is 4.86. The van der Waals surface area contributed by atoms with Crippen molar-refractivity contribution in [3.05, 3.63) is 42.1 Å². The van der Waals surface area contributed by atoms with E-state index in [0.717, 1.165) is 17.4 Å². The van der Waals surface area contributed by atoms with E-state index in [1.165, 1.54) is 12.8 Å². The maximum Gasteiger partial charge on any atom is 0.252 e. The van der Waals surface area contributed by atoms with Crippen molar-refractivity contribution in [2.75, 3.05) is 13.1 Å². The monoisotopic (exact) mass is 255 g/mol. The summed E-state index contributed by atoms with van der Waals surface area (Å²) in [7, 11) is 0. The molecule has 1 amide bonds. The number of fused-ring (bicyclic) bond motifs is 1. The second kappa shape index (κ2) is 5.36. The summed E-state index contributed by atoms with van der Waals surface area (Å²) in [5, 5.41) is 7.22. The Labute approximate surface area is 112 Å². The third-order valence-corrected chi connectivity index (χ3v) is 3.31. The van der Waals surface area contributed by atoms with Crippen molar-refractivity contribution in [2.45, 2.75) is 18.9 Å². The van der Waals surface area contributed by atoms with Crippen LogP contribution in [0.4, 0.5) is 0 Å². The largest absolute Gasteiger partial charge is 0.351 e. The van der Waals surface area contributed by atoms with E-state index < -0.39 is 0 Å². The van der Waals surface area contributed by atoms with Crippen LogP contribution in [0.2, 0.25) is 0 Å². The molecule has 1 aliphatic carbocycles. The fourth-order valence-electron chi connectivity index (χ4n) is 2.14. The lowest BCUT2D eigenvalue weighted by Gasteiger charge is -2.08. The number of nitrogens with one attached hydrogen (secondary N) is 2. The first kappa shape index (κ1) is 12.1. The molecule has 0 spiro atoms. The van der Waals surface area contributed by atoms with Gasteiger partial charge in [0, 0.05) is 36.3 Å². The molecule has 0 aliphatic heterocycles. The summed E-state index contributed by atoms with van der Waals surface area (Å²) in [4.78, 5) is 16.4. The van der Waals surface area contributed by atoms with E-state index in [9.17, 15) is 4.79 Å². The normalized spacial score (nSPS) is 14.5. The van der Waals surface area contributed by atoms with E-state index in [2.05, 4.69) is 15.6 Å². The van der Waals surface area contributed by atoms with Crippen LogP contribution in [-0.2, 0) is 0 Å². The summed E-state index contributed by atoms with van der Waals surface area (Å²) in [6.07, 6.45) is 4.27. The van der Waals surface area contributed by atoms with Gasteiger partial charge in [-0.15, -0.1) is 0 Å². The molecular weight excluding hydrogens is 238 g/mol. The zero-order chi connectivity index (χ0) is 13.1. The van der Waals surface area contributed by atoms with Gasteiger partial charge in [0.1, 0.15) is 0 Å². The first-order valence-electron chi connectivity index (χ1n) is 6.70. The smallest absolute Gasteiger partial charge is 0.252 e. The zero-order valence-electron chi connectivity index (χ0n) is 10.7. The Kier molecular flexibility index (Phi) is 3.42. The van der Waals surface area contributed by atoms with Gasteiger partial charge in [0.2, 0.25) is 0 Å². The van der Waals surface area contributed by atoms with Crippen molar-refractivity contribution in [3.63, 3.8) is 0 Å². The molecular formula is C15H17N3O. The van der Waals surface area contributed by atoms with Gasteiger partial charge in [-0.2, -0.15) is 0 Å². The van der Waals surface area contributed by atoms with Crippen LogP contribution in [0.1, 0.15) is 23.2 Å². The number of benzene rings is 1. The number of amides is 1.